The van der Waals surface area contributed by atoms with Crippen molar-refractivity contribution in [3.63, 3.8) is 0 Å². The highest BCUT2D eigenvalue weighted by Gasteiger charge is 2.24. The maximum atomic E-state index is 12.4. The highest BCUT2D eigenvalue weighted by molar-refractivity contribution is 6.30. The number of para-hydroxylation sites is 2. The number of hydrogen-bond donors (Lipinski definition) is 2. The molecule has 0 saturated carbocycles. The summed E-state index contributed by atoms with van der Waals surface area (Å²) in [7, 11) is 0. The summed E-state index contributed by atoms with van der Waals surface area (Å²) in [5.41, 5.74) is 2.32. The van der Waals surface area contributed by atoms with E-state index in [2.05, 4.69) is 10.6 Å². The molecule has 3 amide bonds. The van der Waals surface area contributed by atoms with Gasteiger partial charge in [-0.2, -0.15) is 0 Å². The van der Waals surface area contributed by atoms with Gasteiger partial charge in [0.1, 0.15) is 0 Å². The molecule has 5 nitrogen and oxygen atoms in total. The molecular formula is C19H20ClN3O2. The largest absolute Gasteiger partial charge is 0.331 e. The van der Waals surface area contributed by atoms with Crippen LogP contribution in [0.1, 0.15) is 31.4 Å². The van der Waals surface area contributed by atoms with Gasteiger partial charge in [0.05, 0.1) is 17.4 Å². The first-order valence-electron chi connectivity index (χ1n) is 8.27. The summed E-state index contributed by atoms with van der Waals surface area (Å²) in [6.45, 7) is 2.58. The molecule has 2 aromatic carbocycles. The number of amides is 3. The number of carbonyl (C=O) groups is 2. The van der Waals surface area contributed by atoms with E-state index in [4.69, 9.17) is 11.6 Å². The summed E-state index contributed by atoms with van der Waals surface area (Å²) in [6.07, 6.45) is 1.39. The number of halogens is 1. The second kappa shape index (κ2) is 7.57. The van der Waals surface area contributed by atoms with Gasteiger partial charge < -0.3 is 15.5 Å². The van der Waals surface area contributed by atoms with Gasteiger partial charge in [-0.25, -0.2) is 4.79 Å². The van der Waals surface area contributed by atoms with Crippen LogP contribution in [0.15, 0.2) is 48.5 Å². The molecule has 1 saturated heterocycles. The fraction of sp³-hybridized carbons (Fsp3) is 0.263. The second-order valence-corrected chi connectivity index (χ2v) is 6.47. The molecule has 1 unspecified atom stereocenters. The molecular weight excluding hydrogens is 338 g/mol. The zero-order valence-corrected chi connectivity index (χ0v) is 14.7. The summed E-state index contributed by atoms with van der Waals surface area (Å²) < 4.78 is 0. The average molecular weight is 358 g/mol. The third-order valence-electron chi connectivity index (χ3n) is 4.23. The number of carbonyl (C=O) groups excluding carboxylic acids is 2. The lowest BCUT2D eigenvalue weighted by Crippen LogP contribution is -2.32. The van der Waals surface area contributed by atoms with E-state index >= 15 is 0 Å². The maximum absolute atomic E-state index is 12.4. The predicted octanol–water partition coefficient (Wildman–Crippen LogP) is 4.35. The Kier molecular flexibility index (Phi) is 5.24. The molecule has 1 atom stereocenters. The molecule has 1 fully saturated rings. The lowest BCUT2D eigenvalue weighted by Gasteiger charge is -2.21. The fourth-order valence-corrected chi connectivity index (χ4v) is 3.03. The molecule has 0 aromatic heterocycles. The van der Waals surface area contributed by atoms with Crippen LogP contribution in [0.5, 0.6) is 0 Å². The first kappa shape index (κ1) is 17.3. The summed E-state index contributed by atoms with van der Waals surface area (Å²) >= 11 is 5.89. The minimum atomic E-state index is -0.318. The molecule has 2 N–H and O–H groups in total. The van der Waals surface area contributed by atoms with E-state index in [1.807, 2.05) is 37.3 Å². The van der Waals surface area contributed by atoms with Crippen molar-refractivity contribution >= 4 is 34.9 Å². The van der Waals surface area contributed by atoms with Gasteiger partial charge in [-0.05, 0) is 43.2 Å². The Morgan fingerprint density at radius 3 is 2.56 bits per heavy atom. The Bertz CT molecular complexity index is 776. The maximum Gasteiger partial charge on any atom is 0.319 e. The SMILES string of the molecule is CC(NC(=O)Nc1ccccc1N1CCCC1=O)c1ccc(Cl)cc1. The third kappa shape index (κ3) is 4.12. The fourth-order valence-electron chi connectivity index (χ4n) is 2.91. The van der Waals surface area contributed by atoms with Crippen molar-refractivity contribution < 1.29 is 9.59 Å². The van der Waals surface area contributed by atoms with Crippen molar-refractivity contribution in [2.45, 2.75) is 25.8 Å². The zero-order valence-electron chi connectivity index (χ0n) is 14.0. The van der Waals surface area contributed by atoms with Crippen molar-refractivity contribution in [2.75, 3.05) is 16.8 Å². The van der Waals surface area contributed by atoms with Crippen molar-refractivity contribution in [1.82, 2.24) is 5.32 Å². The molecule has 3 rings (SSSR count). The molecule has 0 radical (unpaired) electrons. The third-order valence-corrected chi connectivity index (χ3v) is 4.49. The summed E-state index contributed by atoms with van der Waals surface area (Å²) in [6, 6.07) is 14.2. The lowest BCUT2D eigenvalue weighted by molar-refractivity contribution is -0.117. The molecule has 2 aromatic rings. The standard InChI is InChI=1S/C19H20ClN3O2/c1-13(14-8-10-15(20)11-9-14)21-19(25)22-16-5-2-3-6-17(16)23-12-4-7-18(23)24/h2-3,5-6,8-11,13H,4,7,12H2,1H3,(H2,21,22,25). The van der Waals surface area contributed by atoms with Gasteiger partial charge in [-0.1, -0.05) is 35.9 Å². The van der Waals surface area contributed by atoms with Crippen LogP contribution in [0.4, 0.5) is 16.2 Å². The average Bonchev–Trinajstić information content (AvgIpc) is 3.01. The van der Waals surface area contributed by atoms with E-state index in [0.717, 1.165) is 17.7 Å². The summed E-state index contributed by atoms with van der Waals surface area (Å²) in [5, 5.41) is 6.40. The van der Waals surface area contributed by atoms with E-state index in [9.17, 15) is 9.59 Å². The Balaban J connectivity index is 1.69. The Morgan fingerprint density at radius 1 is 1.16 bits per heavy atom. The Morgan fingerprint density at radius 2 is 1.88 bits per heavy atom. The predicted molar refractivity (Wildman–Crippen MR) is 100 cm³/mol. The number of rotatable bonds is 4. The lowest BCUT2D eigenvalue weighted by atomic mass is 10.1. The van der Waals surface area contributed by atoms with Gasteiger partial charge >= 0.3 is 6.03 Å². The van der Waals surface area contributed by atoms with E-state index < -0.39 is 0 Å². The van der Waals surface area contributed by atoms with Crippen LogP contribution >= 0.6 is 11.6 Å². The quantitative estimate of drug-likeness (QED) is 0.854. The van der Waals surface area contributed by atoms with Gasteiger partial charge in [0, 0.05) is 18.0 Å². The second-order valence-electron chi connectivity index (χ2n) is 6.04. The molecule has 25 heavy (non-hydrogen) atoms. The van der Waals surface area contributed by atoms with Crippen LogP contribution in [0, 0.1) is 0 Å². The van der Waals surface area contributed by atoms with Crippen LogP contribution in [-0.2, 0) is 4.79 Å². The summed E-state index contributed by atoms with van der Waals surface area (Å²) in [4.78, 5) is 26.1. The summed E-state index contributed by atoms with van der Waals surface area (Å²) in [5.74, 6) is 0.0872. The van der Waals surface area contributed by atoms with Gasteiger partial charge in [-0.15, -0.1) is 0 Å². The van der Waals surface area contributed by atoms with Gasteiger partial charge in [0.25, 0.3) is 0 Å². The van der Waals surface area contributed by atoms with Crippen molar-refractivity contribution in [3.05, 3.63) is 59.1 Å². The first-order valence-corrected chi connectivity index (χ1v) is 8.65. The normalized spacial score (nSPS) is 15.1. The molecule has 130 valence electrons. The molecule has 1 aliphatic rings. The molecule has 1 heterocycles. The smallest absolute Gasteiger partial charge is 0.319 e. The van der Waals surface area contributed by atoms with Crippen LogP contribution in [0.25, 0.3) is 0 Å². The topological polar surface area (TPSA) is 61.4 Å². The Labute approximate surface area is 152 Å². The van der Waals surface area contributed by atoms with Crippen LogP contribution < -0.4 is 15.5 Å². The van der Waals surface area contributed by atoms with Crippen molar-refractivity contribution in [3.8, 4) is 0 Å². The molecule has 6 heteroatoms. The van der Waals surface area contributed by atoms with E-state index in [0.29, 0.717) is 23.7 Å². The first-order chi connectivity index (χ1) is 12.0. The number of anilines is 2. The number of urea groups is 1. The van der Waals surface area contributed by atoms with Gasteiger partial charge in [0.2, 0.25) is 5.91 Å². The van der Waals surface area contributed by atoms with E-state index in [-0.39, 0.29) is 18.0 Å². The van der Waals surface area contributed by atoms with E-state index in [1.54, 1.807) is 23.1 Å². The van der Waals surface area contributed by atoms with E-state index in [1.165, 1.54) is 0 Å². The number of benzene rings is 2. The van der Waals surface area contributed by atoms with Crippen LogP contribution in [0.2, 0.25) is 5.02 Å². The van der Waals surface area contributed by atoms with Gasteiger partial charge in [0.15, 0.2) is 0 Å². The minimum absolute atomic E-state index is 0.0872. The monoisotopic (exact) mass is 357 g/mol. The molecule has 1 aliphatic heterocycles. The zero-order chi connectivity index (χ0) is 17.8. The highest BCUT2D eigenvalue weighted by Crippen LogP contribution is 2.29. The van der Waals surface area contributed by atoms with Gasteiger partial charge in [-0.3, -0.25) is 4.79 Å². The number of nitrogens with zero attached hydrogens (tertiary/aromatic N) is 1. The molecule has 0 bridgehead atoms. The molecule has 0 spiro atoms. The minimum Gasteiger partial charge on any atom is -0.331 e. The van der Waals surface area contributed by atoms with Crippen LogP contribution in [-0.4, -0.2) is 18.5 Å². The highest BCUT2D eigenvalue weighted by atomic mass is 35.5. The number of nitrogens with one attached hydrogen (secondary N) is 2. The molecule has 0 aliphatic carbocycles. The van der Waals surface area contributed by atoms with Crippen LogP contribution in [0.3, 0.4) is 0 Å². The van der Waals surface area contributed by atoms with Crippen molar-refractivity contribution in [1.29, 1.82) is 0 Å². The Hall–Kier alpha value is -2.53. The number of hydrogen-bond acceptors (Lipinski definition) is 2. The van der Waals surface area contributed by atoms with Crippen molar-refractivity contribution in [2.24, 2.45) is 0 Å².